The van der Waals surface area contributed by atoms with E-state index in [1.54, 1.807) is 7.11 Å². The van der Waals surface area contributed by atoms with Crippen LogP contribution in [0.2, 0.25) is 0 Å². The molecular weight excluding hydrogens is 232 g/mol. The smallest absolute Gasteiger partial charge is 0.0503 e. The highest BCUT2D eigenvalue weighted by Gasteiger charge is 2.45. The molecule has 2 rings (SSSR count). The van der Waals surface area contributed by atoms with Crippen molar-refractivity contribution in [2.24, 2.45) is 11.7 Å². The molecule has 2 heterocycles. The Hall–Kier alpha value is 0.230. The predicted octanol–water partition coefficient (Wildman–Crippen LogP) is 1.57. The Balaban J connectivity index is 2.03. The van der Waals surface area contributed by atoms with Crippen LogP contribution in [0.15, 0.2) is 0 Å². The van der Waals surface area contributed by atoms with Gasteiger partial charge in [-0.3, -0.25) is 4.90 Å². The van der Waals surface area contributed by atoms with Gasteiger partial charge in [0.05, 0.1) is 6.61 Å². The van der Waals surface area contributed by atoms with Gasteiger partial charge in [-0.25, -0.2) is 0 Å². The molecule has 2 fully saturated rings. The molecule has 2 saturated heterocycles. The van der Waals surface area contributed by atoms with Crippen LogP contribution in [0.4, 0.5) is 0 Å². The lowest BCUT2D eigenvalue weighted by Gasteiger charge is -2.48. The summed E-state index contributed by atoms with van der Waals surface area (Å²) in [4.78, 5) is 2.66. The van der Waals surface area contributed by atoms with Crippen molar-refractivity contribution >= 4 is 11.8 Å². The molecule has 2 aliphatic rings. The normalized spacial score (nSPS) is 39.7. The van der Waals surface area contributed by atoms with Gasteiger partial charge in [0.1, 0.15) is 0 Å². The van der Waals surface area contributed by atoms with Gasteiger partial charge in [-0.2, -0.15) is 11.8 Å². The van der Waals surface area contributed by atoms with Crippen LogP contribution in [-0.2, 0) is 4.74 Å². The molecule has 3 unspecified atom stereocenters. The molecule has 0 aliphatic carbocycles. The first-order valence-corrected chi connectivity index (χ1v) is 7.83. The van der Waals surface area contributed by atoms with Crippen LogP contribution in [0.3, 0.4) is 0 Å². The summed E-state index contributed by atoms with van der Waals surface area (Å²) in [5.74, 6) is 2.01. The van der Waals surface area contributed by atoms with Crippen molar-refractivity contribution in [3.63, 3.8) is 0 Å². The Bertz CT molecular complexity index is 252. The van der Waals surface area contributed by atoms with Gasteiger partial charge in [0.2, 0.25) is 0 Å². The topological polar surface area (TPSA) is 38.5 Å². The van der Waals surface area contributed by atoms with E-state index in [1.165, 1.54) is 38.1 Å². The van der Waals surface area contributed by atoms with Crippen molar-refractivity contribution < 1.29 is 4.74 Å². The first-order valence-electron chi connectivity index (χ1n) is 6.78. The quantitative estimate of drug-likeness (QED) is 0.831. The first-order chi connectivity index (χ1) is 8.23. The van der Waals surface area contributed by atoms with Crippen LogP contribution in [0.5, 0.6) is 0 Å². The van der Waals surface area contributed by atoms with Crippen molar-refractivity contribution in [3.8, 4) is 0 Å². The highest BCUT2D eigenvalue weighted by atomic mass is 32.2. The minimum absolute atomic E-state index is 0.255. The zero-order valence-electron chi connectivity index (χ0n) is 11.2. The lowest BCUT2D eigenvalue weighted by Crippen LogP contribution is -2.60. The van der Waals surface area contributed by atoms with E-state index in [9.17, 15) is 0 Å². The Morgan fingerprint density at radius 1 is 1.53 bits per heavy atom. The van der Waals surface area contributed by atoms with Crippen molar-refractivity contribution in [1.82, 2.24) is 4.90 Å². The van der Waals surface area contributed by atoms with E-state index in [1.807, 2.05) is 0 Å². The maximum Gasteiger partial charge on any atom is 0.0503 e. The van der Waals surface area contributed by atoms with Crippen molar-refractivity contribution in [3.05, 3.63) is 0 Å². The molecule has 3 nitrogen and oxygen atoms in total. The third kappa shape index (κ3) is 2.65. The summed E-state index contributed by atoms with van der Waals surface area (Å²) in [6, 6.07) is 0. The Morgan fingerprint density at radius 3 is 3.00 bits per heavy atom. The molecule has 0 aromatic heterocycles. The summed E-state index contributed by atoms with van der Waals surface area (Å²) in [7, 11) is 1.81. The fourth-order valence-corrected chi connectivity index (χ4v) is 4.76. The summed E-state index contributed by atoms with van der Waals surface area (Å²) in [5, 5.41) is 0.669. The number of likely N-dealkylation sites (tertiary alicyclic amines) is 1. The summed E-state index contributed by atoms with van der Waals surface area (Å²) < 4.78 is 5.29. The second-order valence-electron chi connectivity index (χ2n) is 5.48. The van der Waals surface area contributed by atoms with Gasteiger partial charge >= 0.3 is 0 Å². The molecule has 2 aliphatic heterocycles. The maximum absolute atomic E-state index is 6.14. The number of nitrogens with two attached hydrogens (primary N) is 1. The average molecular weight is 258 g/mol. The molecule has 0 radical (unpaired) electrons. The largest absolute Gasteiger partial charge is 0.384 e. The van der Waals surface area contributed by atoms with E-state index in [4.69, 9.17) is 10.5 Å². The maximum atomic E-state index is 6.14. The van der Waals surface area contributed by atoms with Gasteiger partial charge in [0.25, 0.3) is 0 Å². The zero-order chi connectivity index (χ0) is 12.3. The van der Waals surface area contributed by atoms with Crippen molar-refractivity contribution in [2.45, 2.75) is 37.0 Å². The van der Waals surface area contributed by atoms with Crippen LogP contribution >= 0.6 is 11.8 Å². The molecule has 0 aromatic rings. The van der Waals surface area contributed by atoms with Crippen LogP contribution in [0, 0.1) is 5.92 Å². The molecule has 17 heavy (non-hydrogen) atoms. The standard InChI is InChI=1S/C13H26N2OS/c1-11-13(10-14,5-3-7-17-11)15-6-4-12(8-15)9-16-2/h11-12H,3-10,14H2,1-2H3. The third-order valence-corrected chi connectivity index (χ3v) is 6.01. The van der Waals surface area contributed by atoms with Gasteiger partial charge in [0, 0.05) is 31.0 Å². The molecular formula is C13H26N2OS. The molecule has 0 saturated carbocycles. The molecule has 0 spiro atoms. The van der Waals surface area contributed by atoms with E-state index < -0.39 is 0 Å². The fourth-order valence-electron chi connectivity index (χ4n) is 3.42. The Kier molecular flexibility index (Phi) is 4.75. The van der Waals surface area contributed by atoms with Gasteiger partial charge < -0.3 is 10.5 Å². The van der Waals surface area contributed by atoms with E-state index in [0.29, 0.717) is 11.2 Å². The fraction of sp³-hybridized carbons (Fsp3) is 1.00. The predicted molar refractivity (Wildman–Crippen MR) is 74.5 cm³/mol. The second-order valence-corrected chi connectivity index (χ2v) is 6.93. The van der Waals surface area contributed by atoms with E-state index in [2.05, 4.69) is 23.6 Å². The number of hydrogen-bond donors (Lipinski definition) is 1. The lowest BCUT2D eigenvalue weighted by atomic mass is 9.87. The number of thioether (sulfide) groups is 1. The molecule has 3 atom stereocenters. The van der Waals surface area contributed by atoms with Crippen LogP contribution < -0.4 is 5.73 Å². The number of ether oxygens (including phenoxy) is 1. The lowest BCUT2D eigenvalue weighted by molar-refractivity contribution is 0.0930. The van der Waals surface area contributed by atoms with Crippen LogP contribution in [0.1, 0.15) is 26.2 Å². The summed E-state index contributed by atoms with van der Waals surface area (Å²) in [5.41, 5.74) is 6.40. The zero-order valence-corrected chi connectivity index (χ0v) is 12.0. The molecule has 100 valence electrons. The van der Waals surface area contributed by atoms with E-state index >= 15 is 0 Å². The number of rotatable bonds is 4. The summed E-state index contributed by atoms with van der Waals surface area (Å²) in [6.45, 7) is 6.45. The molecule has 0 bridgehead atoms. The van der Waals surface area contributed by atoms with E-state index in [0.717, 1.165) is 13.2 Å². The Labute approximate surface area is 109 Å². The van der Waals surface area contributed by atoms with Gasteiger partial charge in [-0.1, -0.05) is 6.92 Å². The highest BCUT2D eigenvalue weighted by molar-refractivity contribution is 8.00. The average Bonchev–Trinajstić information content (AvgIpc) is 2.80. The molecule has 4 heteroatoms. The number of nitrogens with zero attached hydrogens (tertiary/aromatic N) is 1. The van der Waals surface area contributed by atoms with E-state index in [-0.39, 0.29) is 5.54 Å². The molecule has 0 amide bonds. The van der Waals surface area contributed by atoms with Crippen molar-refractivity contribution in [1.29, 1.82) is 0 Å². The monoisotopic (exact) mass is 258 g/mol. The van der Waals surface area contributed by atoms with Gasteiger partial charge in [-0.05, 0) is 37.5 Å². The summed E-state index contributed by atoms with van der Waals surface area (Å²) in [6.07, 6.45) is 3.86. The molecule has 2 N–H and O–H groups in total. The SMILES string of the molecule is COCC1CCN(C2(CN)CCCSC2C)C1. The minimum atomic E-state index is 0.255. The highest BCUT2D eigenvalue weighted by Crippen LogP contribution is 2.40. The molecule has 0 aromatic carbocycles. The van der Waals surface area contributed by atoms with Crippen LogP contribution in [-0.4, -0.2) is 54.8 Å². The number of methoxy groups -OCH3 is 1. The number of hydrogen-bond acceptors (Lipinski definition) is 4. The van der Waals surface area contributed by atoms with Gasteiger partial charge in [-0.15, -0.1) is 0 Å². The van der Waals surface area contributed by atoms with Crippen LogP contribution in [0.25, 0.3) is 0 Å². The third-order valence-electron chi connectivity index (χ3n) is 4.55. The Morgan fingerprint density at radius 2 is 2.35 bits per heavy atom. The van der Waals surface area contributed by atoms with Gasteiger partial charge in [0.15, 0.2) is 0 Å². The summed E-state index contributed by atoms with van der Waals surface area (Å²) >= 11 is 2.10. The van der Waals surface area contributed by atoms with Crippen molar-refractivity contribution in [2.75, 3.05) is 39.1 Å². The first kappa shape index (κ1) is 13.7. The minimum Gasteiger partial charge on any atom is -0.384 e. The second kappa shape index (κ2) is 5.91.